The third-order valence-corrected chi connectivity index (χ3v) is 5.08. The smallest absolute Gasteiger partial charge is 0.270 e. The van der Waals surface area contributed by atoms with E-state index in [0.29, 0.717) is 18.7 Å². The Hall–Kier alpha value is -3.20. The molecule has 0 bridgehead atoms. The van der Waals surface area contributed by atoms with Crippen LogP contribution in [0.5, 0.6) is 0 Å². The van der Waals surface area contributed by atoms with Gasteiger partial charge in [-0.3, -0.25) is 9.59 Å². The third kappa shape index (κ3) is 6.16. The average Bonchev–Trinajstić information content (AvgIpc) is 2.75. The Bertz CT molecular complexity index is 1010. The van der Waals surface area contributed by atoms with E-state index in [0.717, 1.165) is 12.1 Å². The predicted molar refractivity (Wildman–Crippen MR) is 114 cm³/mol. The Morgan fingerprint density at radius 3 is 2.34 bits per heavy atom. The van der Waals surface area contributed by atoms with Crippen LogP contribution in [0, 0.1) is 17.5 Å². The van der Waals surface area contributed by atoms with Gasteiger partial charge in [-0.05, 0) is 37.9 Å². The van der Waals surface area contributed by atoms with Crippen molar-refractivity contribution in [3.05, 3.63) is 71.0 Å². The molecule has 9 heteroatoms. The van der Waals surface area contributed by atoms with Crippen molar-refractivity contribution >= 4 is 17.5 Å². The first-order valence-corrected chi connectivity index (χ1v) is 10.2. The van der Waals surface area contributed by atoms with Crippen LogP contribution in [-0.2, 0) is 22.7 Å². The monoisotopic (exact) mass is 446 g/mol. The molecule has 1 aliphatic heterocycles. The number of halogens is 3. The second-order valence-corrected chi connectivity index (χ2v) is 7.89. The maximum absolute atomic E-state index is 14.2. The number of amides is 2. The number of benzene rings is 2. The van der Waals surface area contributed by atoms with E-state index in [1.807, 2.05) is 19.0 Å². The number of carbonyl (C=O) groups is 2. The summed E-state index contributed by atoms with van der Waals surface area (Å²) in [4.78, 5) is 28.9. The van der Waals surface area contributed by atoms with Crippen LogP contribution >= 0.6 is 0 Å². The fourth-order valence-corrected chi connectivity index (χ4v) is 3.25. The minimum atomic E-state index is -0.730. The number of likely N-dealkylation sites (N-methyl/N-ethyl adjacent to an activating group) is 1. The summed E-state index contributed by atoms with van der Waals surface area (Å²) in [6.45, 7) is 0.886. The standard InChI is InChI=1S/C23H25F3N4O2/c1-28(2)11-12-29(15-17-5-8-19(25)13-20(17)26)23(32)21-9-10-22(31)30(27-21)14-16-3-6-18(24)7-4-16/h3-8,13H,9-12,14-15H2,1-2H3. The third-order valence-electron chi connectivity index (χ3n) is 5.08. The molecule has 1 aliphatic rings. The summed E-state index contributed by atoms with van der Waals surface area (Å²) in [5.41, 5.74) is 1.05. The highest BCUT2D eigenvalue weighted by atomic mass is 19.1. The molecule has 6 nitrogen and oxygen atoms in total. The molecule has 0 aliphatic carbocycles. The van der Waals surface area contributed by atoms with Crippen molar-refractivity contribution in [2.45, 2.75) is 25.9 Å². The largest absolute Gasteiger partial charge is 0.332 e. The summed E-state index contributed by atoms with van der Waals surface area (Å²) in [5.74, 6) is -2.46. The molecule has 0 saturated heterocycles. The molecular formula is C23H25F3N4O2. The Morgan fingerprint density at radius 2 is 1.69 bits per heavy atom. The van der Waals surface area contributed by atoms with Crippen molar-refractivity contribution in [1.29, 1.82) is 0 Å². The summed E-state index contributed by atoms with van der Waals surface area (Å²) in [7, 11) is 3.70. The highest BCUT2D eigenvalue weighted by Crippen LogP contribution is 2.18. The predicted octanol–water partition coefficient (Wildman–Crippen LogP) is 3.17. The lowest BCUT2D eigenvalue weighted by molar-refractivity contribution is -0.132. The van der Waals surface area contributed by atoms with Gasteiger partial charge in [0, 0.05) is 44.1 Å². The maximum Gasteiger partial charge on any atom is 0.270 e. The summed E-state index contributed by atoms with van der Waals surface area (Å²) in [6, 6.07) is 8.93. The van der Waals surface area contributed by atoms with Gasteiger partial charge in [0.05, 0.1) is 6.54 Å². The Kier molecular flexibility index (Phi) is 7.63. The average molecular weight is 446 g/mol. The first kappa shape index (κ1) is 23.5. The molecule has 32 heavy (non-hydrogen) atoms. The van der Waals surface area contributed by atoms with Crippen molar-refractivity contribution in [3.63, 3.8) is 0 Å². The van der Waals surface area contributed by atoms with Gasteiger partial charge in [0.2, 0.25) is 5.91 Å². The lowest BCUT2D eigenvalue weighted by Crippen LogP contribution is -2.43. The van der Waals surface area contributed by atoms with Gasteiger partial charge in [0.1, 0.15) is 23.2 Å². The van der Waals surface area contributed by atoms with Gasteiger partial charge in [-0.1, -0.05) is 18.2 Å². The van der Waals surface area contributed by atoms with Crippen LogP contribution in [0.2, 0.25) is 0 Å². The Morgan fingerprint density at radius 1 is 1.00 bits per heavy atom. The molecule has 0 fully saturated rings. The Balaban J connectivity index is 1.81. The van der Waals surface area contributed by atoms with E-state index in [2.05, 4.69) is 5.10 Å². The fraction of sp³-hybridized carbons (Fsp3) is 0.348. The van der Waals surface area contributed by atoms with Crippen LogP contribution in [0.3, 0.4) is 0 Å². The summed E-state index contributed by atoms with van der Waals surface area (Å²) >= 11 is 0. The van der Waals surface area contributed by atoms with E-state index in [1.54, 1.807) is 12.1 Å². The topological polar surface area (TPSA) is 56.2 Å². The van der Waals surface area contributed by atoms with Gasteiger partial charge in [0.25, 0.3) is 5.91 Å². The van der Waals surface area contributed by atoms with Gasteiger partial charge in [-0.2, -0.15) is 5.10 Å². The molecule has 0 radical (unpaired) electrons. The van der Waals surface area contributed by atoms with Crippen LogP contribution in [-0.4, -0.2) is 59.5 Å². The first-order valence-electron chi connectivity index (χ1n) is 10.2. The normalized spacial score (nSPS) is 14.0. The van der Waals surface area contributed by atoms with Crippen LogP contribution in [0.25, 0.3) is 0 Å². The number of rotatable bonds is 8. The van der Waals surface area contributed by atoms with E-state index in [4.69, 9.17) is 0 Å². The molecule has 0 spiro atoms. The van der Waals surface area contributed by atoms with Crippen LogP contribution in [0.15, 0.2) is 47.6 Å². The van der Waals surface area contributed by atoms with Crippen LogP contribution in [0.1, 0.15) is 24.0 Å². The quantitative estimate of drug-likeness (QED) is 0.626. The van der Waals surface area contributed by atoms with Crippen LogP contribution in [0.4, 0.5) is 13.2 Å². The molecule has 0 saturated carbocycles. The van der Waals surface area contributed by atoms with Gasteiger partial charge >= 0.3 is 0 Å². The van der Waals surface area contributed by atoms with E-state index in [-0.39, 0.29) is 48.9 Å². The minimum Gasteiger partial charge on any atom is -0.332 e. The van der Waals surface area contributed by atoms with E-state index < -0.39 is 17.5 Å². The zero-order valence-electron chi connectivity index (χ0n) is 18.0. The molecule has 3 rings (SSSR count). The van der Waals surface area contributed by atoms with E-state index in [1.165, 1.54) is 28.1 Å². The SMILES string of the molecule is CN(C)CCN(Cc1ccc(F)cc1F)C(=O)C1=NN(Cc2ccc(F)cc2)C(=O)CC1. The number of hydrogen-bond donors (Lipinski definition) is 0. The van der Waals surface area contributed by atoms with E-state index in [9.17, 15) is 22.8 Å². The lowest BCUT2D eigenvalue weighted by atomic mass is 10.1. The van der Waals surface area contributed by atoms with Gasteiger partial charge < -0.3 is 9.80 Å². The molecule has 1 heterocycles. The second-order valence-electron chi connectivity index (χ2n) is 7.89. The fourth-order valence-electron chi connectivity index (χ4n) is 3.25. The summed E-state index contributed by atoms with van der Waals surface area (Å²) in [5, 5.41) is 5.46. The maximum atomic E-state index is 14.2. The molecule has 0 atom stereocenters. The molecule has 2 aromatic rings. The first-order chi connectivity index (χ1) is 15.2. The van der Waals surface area contributed by atoms with Gasteiger partial charge in [-0.15, -0.1) is 0 Å². The molecule has 170 valence electrons. The number of hydrazone groups is 1. The summed E-state index contributed by atoms with van der Waals surface area (Å²) < 4.78 is 40.6. The lowest BCUT2D eigenvalue weighted by Gasteiger charge is -2.28. The Labute approximate surface area is 184 Å². The molecule has 0 N–H and O–H groups in total. The van der Waals surface area contributed by atoms with Crippen molar-refractivity contribution in [1.82, 2.24) is 14.8 Å². The van der Waals surface area contributed by atoms with Gasteiger partial charge in [-0.25, -0.2) is 18.2 Å². The van der Waals surface area contributed by atoms with Crippen LogP contribution < -0.4 is 0 Å². The zero-order chi connectivity index (χ0) is 23.3. The van der Waals surface area contributed by atoms with Crippen molar-refractivity contribution in [2.75, 3.05) is 27.2 Å². The molecule has 2 aromatic carbocycles. The van der Waals surface area contributed by atoms with Crippen molar-refractivity contribution in [3.8, 4) is 0 Å². The van der Waals surface area contributed by atoms with E-state index >= 15 is 0 Å². The highest BCUT2D eigenvalue weighted by Gasteiger charge is 2.28. The number of nitrogens with zero attached hydrogens (tertiary/aromatic N) is 4. The minimum absolute atomic E-state index is 0.0519. The number of hydrogen-bond acceptors (Lipinski definition) is 4. The summed E-state index contributed by atoms with van der Waals surface area (Å²) in [6.07, 6.45) is 0.278. The molecule has 0 aromatic heterocycles. The van der Waals surface area contributed by atoms with Gasteiger partial charge in [0.15, 0.2) is 0 Å². The highest BCUT2D eigenvalue weighted by molar-refractivity contribution is 6.39. The molecule has 0 unspecified atom stereocenters. The number of carbonyl (C=O) groups excluding carboxylic acids is 2. The van der Waals surface area contributed by atoms with Crippen molar-refractivity contribution in [2.24, 2.45) is 5.10 Å². The van der Waals surface area contributed by atoms with Crippen molar-refractivity contribution < 1.29 is 22.8 Å². The zero-order valence-corrected chi connectivity index (χ0v) is 18.0. The molecular weight excluding hydrogens is 421 g/mol. The second kappa shape index (κ2) is 10.4. The molecule has 2 amide bonds.